The Morgan fingerprint density at radius 1 is 1.17 bits per heavy atom. The molecule has 36 heavy (non-hydrogen) atoms. The molecule has 2 aromatic carbocycles. The minimum absolute atomic E-state index is 0.0376. The number of pyridine rings is 1. The molecule has 2 aromatic heterocycles. The number of nitrogens with zero attached hydrogens (tertiary/aromatic N) is 5. The Hall–Kier alpha value is -4.61. The van der Waals surface area contributed by atoms with Gasteiger partial charge in [-0.3, -0.25) is 9.78 Å². The highest BCUT2D eigenvalue weighted by atomic mass is 19.4. The van der Waals surface area contributed by atoms with E-state index in [-0.39, 0.29) is 18.1 Å². The second-order valence-electron chi connectivity index (χ2n) is 7.64. The van der Waals surface area contributed by atoms with Crippen LogP contribution in [0.2, 0.25) is 0 Å². The van der Waals surface area contributed by atoms with Gasteiger partial charge in [0, 0.05) is 42.6 Å². The van der Waals surface area contributed by atoms with E-state index >= 15 is 0 Å². The van der Waals surface area contributed by atoms with E-state index in [1.165, 1.54) is 4.90 Å². The molecule has 0 aliphatic rings. The molecule has 0 spiro atoms. The number of halogens is 3. The van der Waals surface area contributed by atoms with Gasteiger partial charge in [-0.15, -0.1) is 10.2 Å². The minimum Gasteiger partial charge on any atom is -0.491 e. The van der Waals surface area contributed by atoms with E-state index in [1.54, 1.807) is 55.6 Å². The summed E-state index contributed by atoms with van der Waals surface area (Å²) in [7, 11) is 1.60. The number of para-hydroxylation sites is 2. The van der Waals surface area contributed by atoms with Crippen LogP contribution in [0.15, 0.2) is 60.8 Å². The average molecular weight is 495 g/mol. The van der Waals surface area contributed by atoms with E-state index in [0.29, 0.717) is 40.4 Å². The molecule has 0 bridgehead atoms. The van der Waals surface area contributed by atoms with Crippen molar-refractivity contribution in [3.63, 3.8) is 0 Å². The summed E-state index contributed by atoms with van der Waals surface area (Å²) in [5.74, 6) is 0.615. The van der Waals surface area contributed by atoms with Crippen LogP contribution < -0.4 is 9.64 Å². The van der Waals surface area contributed by atoms with Crippen LogP contribution in [-0.4, -0.2) is 51.4 Å². The van der Waals surface area contributed by atoms with E-state index in [0.717, 1.165) is 18.5 Å². The van der Waals surface area contributed by atoms with E-state index in [4.69, 9.17) is 10.1 Å². The third-order valence-electron chi connectivity index (χ3n) is 5.31. The van der Waals surface area contributed by atoms with Crippen LogP contribution in [0, 0.1) is 5.41 Å². The summed E-state index contributed by atoms with van der Waals surface area (Å²) in [6, 6.07) is 14.2. The first kappa shape index (κ1) is 24.5. The molecule has 0 fully saturated rings. The van der Waals surface area contributed by atoms with Crippen LogP contribution in [-0.2, 0) is 12.6 Å². The number of H-pyrrole nitrogens is 1. The molecule has 184 valence electrons. The highest BCUT2D eigenvalue weighted by Gasteiger charge is 2.33. The quantitative estimate of drug-likeness (QED) is 0.354. The summed E-state index contributed by atoms with van der Waals surface area (Å²) in [5, 5.41) is 21.2. The number of aromatic nitrogens is 5. The summed E-state index contributed by atoms with van der Waals surface area (Å²) in [5.41, 5.74) is 0.534. The Balaban J connectivity index is 1.57. The molecule has 0 atom stereocenters. The largest absolute Gasteiger partial charge is 0.491 e. The van der Waals surface area contributed by atoms with Crippen LogP contribution >= 0.6 is 0 Å². The second-order valence-corrected chi connectivity index (χ2v) is 7.64. The topological polar surface area (TPSA) is 121 Å². The number of hydrogen-bond donors (Lipinski definition) is 2. The fourth-order valence-corrected chi connectivity index (χ4v) is 3.51. The van der Waals surface area contributed by atoms with E-state index in [1.807, 2.05) is 0 Å². The number of alkyl halides is 3. The maximum atomic E-state index is 13.3. The molecule has 9 nitrogen and oxygen atoms in total. The molecule has 0 radical (unpaired) electrons. The molecule has 4 aromatic rings. The zero-order chi connectivity index (χ0) is 25.7. The van der Waals surface area contributed by atoms with Gasteiger partial charge in [-0.05, 0) is 35.9 Å². The molecule has 0 unspecified atom stereocenters. The summed E-state index contributed by atoms with van der Waals surface area (Å²) >= 11 is 0. The van der Waals surface area contributed by atoms with Gasteiger partial charge in [0.15, 0.2) is 5.82 Å². The van der Waals surface area contributed by atoms with Crippen molar-refractivity contribution >= 4 is 17.8 Å². The summed E-state index contributed by atoms with van der Waals surface area (Å²) in [6.07, 6.45) is -2.32. The third kappa shape index (κ3) is 5.37. The zero-order valence-corrected chi connectivity index (χ0v) is 19.0. The summed E-state index contributed by atoms with van der Waals surface area (Å²) in [4.78, 5) is 18.2. The molecule has 0 aliphatic heterocycles. The minimum atomic E-state index is -4.63. The average Bonchev–Trinajstić information content (AvgIpc) is 3.41. The van der Waals surface area contributed by atoms with Gasteiger partial charge in [0.1, 0.15) is 11.4 Å². The van der Waals surface area contributed by atoms with Crippen molar-refractivity contribution in [2.75, 3.05) is 18.6 Å². The maximum absolute atomic E-state index is 13.3. The lowest BCUT2D eigenvalue weighted by Crippen LogP contribution is -2.26. The lowest BCUT2D eigenvalue weighted by molar-refractivity contribution is -0.141. The Morgan fingerprint density at radius 3 is 2.69 bits per heavy atom. The third-order valence-corrected chi connectivity index (χ3v) is 5.31. The first-order valence-corrected chi connectivity index (χ1v) is 10.7. The van der Waals surface area contributed by atoms with Gasteiger partial charge in [-0.25, -0.2) is 0 Å². The number of tetrazole rings is 1. The van der Waals surface area contributed by atoms with Gasteiger partial charge >= 0.3 is 6.18 Å². The summed E-state index contributed by atoms with van der Waals surface area (Å²) in [6.45, 7) is 0.265. The Kier molecular flexibility index (Phi) is 7.04. The number of rotatable bonds is 8. The fraction of sp³-hybridized carbons (Fsp3) is 0.167. The van der Waals surface area contributed by atoms with Gasteiger partial charge in [0.25, 0.3) is 5.91 Å². The van der Waals surface area contributed by atoms with Crippen molar-refractivity contribution in [1.82, 2.24) is 25.6 Å². The Bertz CT molecular complexity index is 1370. The van der Waals surface area contributed by atoms with Gasteiger partial charge < -0.3 is 15.0 Å². The maximum Gasteiger partial charge on any atom is 0.433 e. The van der Waals surface area contributed by atoms with Crippen LogP contribution in [0.4, 0.5) is 18.9 Å². The number of carbonyl (C=O) groups is 1. The lowest BCUT2D eigenvalue weighted by atomic mass is 9.99. The normalized spacial score (nSPS) is 11.2. The number of nitrogens with one attached hydrogen (secondary N) is 2. The van der Waals surface area contributed by atoms with Crippen molar-refractivity contribution in [3.8, 4) is 16.9 Å². The van der Waals surface area contributed by atoms with Crippen molar-refractivity contribution in [2.45, 2.75) is 12.6 Å². The van der Waals surface area contributed by atoms with Crippen molar-refractivity contribution in [3.05, 3.63) is 83.4 Å². The fourth-order valence-electron chi connectivity index (χ4n) is 3.51. The molecular weight excluding hydrogens is 475 g/mol. The first-order valence-electron chi connectivity index (χ1n) is 10.7. The highest BCUT2D eigenvalue weighted by Crippen LogP contribution is 2.32. The molecule has 0 saturated carbocycles. The van der Waals surface area contributed by atoms with E-state index in [9.17, 15) is 18.0 Å². The number of carbonyl (C=O) groups excluding carboxylic acids is 1. The van der Waals surface area contributed by atoms with Gasteiger partial charge in [0.2, 0.25) is 0 Å². The van der Waals surface area contributed by atoms with Gasteiger partial charge in [-0.2, -0.15) is 18.4 Å². The van der Waals surface area contributed by atoms with Crippen LogP contribution in [0.5, 0.6) is 5.75 Å². The monoisotopic (exact) mass is 495 g/mol. The Morgan fingerprint density at radius 2 is 1.97 bits per heavy atom. The number of anilines is 1. The molecule has 2 heterocycles. The molecule has 2 N–H and O–H groups in total. The number of hydrogen-bond acceptors (Lipinski definition) is 7. The standard InChI is InChI=1S/C24H20F3N7O2/c1-34(19-7-2-3-8-20(19)36-10-9-22-30-32-33-31-22)23(35)16-6-4-5-15(11-16)18-14-29-21(24(25,26)27)12-17(18)13-28/h2-8,11-14,28H,9-10H2,1H3,(H,30,31,32,33). The molecule has 0 saturated heterocycles. The van der Waals surface area contributed by atoms with Crippen molar-refractivity contribution in [2.24, 2.45) is 0 Å². The van der Waals surface area contributed by atoms with Gasteiger partial charge in [-0.1, -0.05) is 29.5 Å². The van der Waals surface area contributed by atoms with Crippen LogP contribution in [0.25, 0.3) is 11.1 Å². The number of benzene rings is 2. The van der Waals surface area contributed by atoms with Crippen LogP contribution in [0.3, 0.4) is 0 Å². The molecule has 1 amide bonds. The summed E-state index contributed by atoms with van der Waals surface area (Å²) < 4.78 is 44.9. The molecular formula is C24H20F3N7O2. The van der Waals surface area contributed by atoms with Crippen LogP contribution in [0.1, 0.15) is 27.4 Å². The molecule has 12 heteroatoms. The smallest absolute Gasteiger partial charge is 0.433 e. The van der Waals surface area contributed by atoms with Crippen molar-refractivity contribution in [1.29, 1.82) is 5.41 Å². The zero-order valence-electron chi connectivity index (χ0n) is 19.0. The molecule has 4 rings (SSSR count). The predicted molar refractivity (Wildman–Crippen MR) is 125 cm³/mol. The predicted octanol–water partition coefficient (Wildman–Crippen LogP) is 4.18. The first-order chi connectivity index (χ1) is 17.3. The lowest BCUT2D eigenvalue weighted by Gasteiger charge is -2.21. The highest BCUT2D eigenvalue weighted by molar-refractivity contribution is 6.07. The van der Waals surface area contributed by atoms with Gasteiger partial charge in [0.05, 0.1) is 12.3 Å². The number of aromatic amines is 1. The van der Waals surface area contributed by atoms with E-state index in [2.05, 4.69) is 25.6 Å². The number of ether oxygens (including phenoxy) is 1. The van der Waals surface area contributed by atoms with E-state index < -0.39 is 11.9 Å². The number of amides is 1. The second kappa shape index (κ2) is 10.3. The van der Waals surface area contributed by atoms with Crippen molar-refractivity contribution < 1.29 is 22.7 Å². The SMILES string of the molecule is CN(C(=O)c1cccc(-c2cnc(C(F)(F)F)cc2C=N)c1)c1ccccc1OCCc1nn[nH]n1. The Labute approximate surface area is 203 Å². The molecule has 0 aliphatic carbocycles.